The van der Waals surface area contributed by atoms with Crippen LogP contribution in [0.3, 0.4) is 0 Å². The fourth-order valence-corrected chi connectivity index (χ4v) is 1.13. The van der Waals surface area contributed by atoms with E-state index >= 15 is 0 Å². The molecule has 0 spiro atoms. The summed E-state index contributed by atoms with van der Waals surface area (Å²) in [4.78, 5) is 15.3. The maximum Gasteiger partial charge on any atom is 0.196 e. The van der Waals surface area contributed by atoms with Gasteiger partial charge in [0, 0.05) is 17.3 Å². The number of carbonyl (C=O) groups excluding carboxylic acids is 1. The fraction of sp³-hybridized carbons (Fsp3) is 0. The Bertz CT molecular complexity index is 487. The summed E-state index contributed by atoms with van der Waals surface area (Å²) >= 11 is 0. The van der Waals surface area contributed by atoms with Gasteiger partial charge >= 0.3 is 0 Å². The van der Waals surface area contributed by atoms with Crippen molar-refractivity contribution in [1.29, 1.82) is 0 Å². The van der Waals surface area contributed by atoms with Gasteiger partial charge in [-0.3, -0.25) is 9.78 Å². The molecular formula is C10H6FN3O. The number of ketones is 1. The molecule has 0 aromatic carbocycles. The minimum Gasteiger partial charge on any atom is -0.288 e. The Kier molecular flexibility index (Phi) is 2.45. The number of halogens is 1. The zero-order chi connectivity index (χ0) is 10.7. The van der Waals surface area contributed by atoms with E-state index in [1.54, 1.807) is 0 Å². The third-order valence-electron chi connectivity index (χ3n) is 1.81. The molecule has 2 rings (SSSR count). The van der Waals surface area contributed by atoms with Crippen LogP contribution in [0.15, 0.2) is 36.9 Å². The molecule has 74 valence electrons. The Morgan fingerprint density at radius 2 is 2.00 bits per heavy atom. The SMILES string of the molecule is O=C(c1ccnnc1)c1cncc(F)c1. The van der Waals surface area contributed by atoms with Gasteiger partial charge in [0.1, 0.15) is 5.82 Å². The quantitative estimate of drug-likeness (QED) is 0.689. The minimum absolute atomic E-state index is 0.197. The summed E-state index contributed by atoms with van der Waals surface area (Å²) in [6.45, 7) is 0. The first-order valence-electron chi connectivity index (χ1n) is 4.19. The van der Waals surface area contributed by atoms with Gasteiger partial charge < -0.3 is 0 Å². The topological polar surface area (TPSA) is 55.7 Å². The van der Waals surface area contributed by atoms with E-state index in [1.807, 2.05) is 0 Å². The second-order valence-corrected chi connectivity index (χ2v) is 2.85. The highest BCUT2D eigenvalue weighted by Gasteiger charge is 2.09. The van der Waals surface area contributed by atoms with Crippen LogP contribution in [0.1, 0.15) is 15.9 Å². The molecule has 2 aromatic rings. The summed E-state index contributed by atoms with van der Waals surface area (Å²) in [5.74, 6) is -0.861. The molecule has 0 aliphatic carbocycles. The Labute approximate surface area is 84.8 Å². The molecule has 2 heterocycles. The van der Waals surface area contributed by atoms with Crippen molar-refractivity contribution in [3.05, 3.63) is 53.9 Å². The molecule has 0 atom stereocenters. The number of carbonyl (C=O) groups is 1. The highest BCUT2D eigenvalue weighted by atomic mass is 19.1. The first kappa shape index (κ1) is 9.39. The number of nitrogens with zero attached hydrogens (tertiary/aromatic N) is 3. The van der Waals surface area contributed by atoms with Gasteiger partial charge in [0.05, 0.1) is 18.6 Å². The van der Waals surface area contributed by atoms with Crippen molar-refractivity contribution in [1.82, 2.24) is 15.2 Å². The molecule has 0 amide bonds. The smallest absolute Gasteiger partial charge is 0.196 e. The van der Waals surface area contributed by atoms with Crippen molar-refractivity contribution in [3.63, 3.8) is 0 Å². The number of pyridine rings is 1. The molecule has 15 heavy (non-hydrogen) atoms. The van der Waals surface area contributed by atoms with Gasteiger partial charge in [0.15, 0.2) is 5.78 Å². The minimum atomic E-state index is -0.539. The van der Waals surface area contributed by atoms with Gasteiger partial charge in [-0.05, 0) is 12.1 Å². The van der Waals surface area contributed by atoms with E-state index in [0.29, 0.717) is 5.56 Å². The second-order valence-electron chi connectivity index (χ2n) is 2.85. The van der Waals surface area contributed by atoms with E-state index in [9.17, 15) is 9.18 Å². The molecule has 0 aliphatic heterocycles. The van der Waals surface area contributed by atoms with Gasteiger partial charge in [-0.2, -0.15) is 10.2 Å². The molecule has 4 nitrogen and oxygen atoms in total. The average Bonchev–Trinajstić information content (AvgIpc) is 2.29. The number of hydrogen-bond donors (Lipinski definition) is 0. The molecule has 0 saturated heterocycles. The molecule has 5 heteroatoms. The van der Waals surface area contributed by atoms with Gasteiger partial charge in [-0.25, -0.2) is 4.39 Å². The van der Waals surface area contributed by atoms with Crippen molar-refractivity contribution in [3.8, 4) is 0 Å². The summed E-state index contributed by atoms with van der Waals surface area (Å²) in [7, 11) is 0. The third-order valence-corrected chi connectivity index (χ3v) is 1.81. The van der Waals surface area contributed by atoms with Crippen LogP contribution in [0.25, 0.3) is 0 Å². The Hall–Kier alpha value is -2.17. The van der Waals surface area contributed by atoms with E-state index < -0.39 is 5.82 Å². The van der Waals surface area contributed by atoms with E-state index in [1.165, 1.54) is 24.7 Å². The maximum atomic E-state index is 12.8. The number of aromatic nitrogens is 3. The molecule has 0 bridgehead atoms. The fourth-order valence-electron chi connectivity index (χ4n) is 1.13. The predicted molar refractivity (Wildman–Crippen MR) is 49.7 cm³/mol. The lowest BCUT2D eigenvalue weighted by Gasteiger charge is -1.98. The largest absolute Gasteiger partial charge is 0.288 e. The molecule has 0 fully saturated rings. The van der Waals surface area contributed by atoms with Gasteiger partial charge in [0.25, 0.3) is 0 Å². The predicted octanol–water partition coefficient (Wildman–Crippen LogP) is 1.24. The molecule has 0 N–H and O–H groups in total. The van der Waals surface area contributed by atoms with E-state index in [0.717, 1.165) is 12.3 Å². The first-order valence-corrected chi connectivity index (χ1v) is 4.19. The van der Waals surface area contributed by atoms with Crippen LogP contribution in [0.4, 0.5) is 4.39 Å². The van der Waals surface area contributed by atoms with Crippen LogP contribution >= 0.6 is 0 Å². The number of hydrogen-bond acceptors (Lipinski definition) is 4. The van der Waals surface area contributed by atoms with E-state index in [4.69, 9.17) is 0 Å². The zero-order valence-electron chi connectivity index (χ0n) is 7.59. The summed E-state index contributed by atoms with van der Waals surface area (Å²) in [6, 6.07) is 2.65. The van der Waals surface area contributed by atoms with Gasteiger partial charge in [-0.15, -0.1) is 0 Å². The van der Waals surface area contributed by atoms with Crippen molar-refractivity contribution in [2.45, 2.75) is 0 Å². The van der Waals surface area contributed by atoms with Crippen LogP contribution in [0.5, 0.6) is 0 Å². The van der Waals surface area contributed by atoms with Crippen LogP contribution in [0, 0.1) is 5.82 Å². The van der Waals surface area contributed by atoms with E-state index in [2.05, 4.69) is 15.2 Å². The number of rotatable bonds is 2. The summed E-state index contributed by atoms with van der Waals surface area (Å²) in [5.41, 5.74) is 0.556. The van der Waals surface area contributed by atoms with Crippen LogP contribution < -0.4 is 0 Å². The third kappa shape index (κ3) is 2.01. The normalized spacial score (nSPS) is 9.93. The van der Waals surface area contributed by atoms with Crippen molar-refractivity contribution < 1.29 is 9.18 Å². The van der Waals surface area contributed by atoms with Crippen molar-refractivity contribution >= 4 is 5.78 Å². The summed E-state index contributed by atoms with van der Waals surface area (Å²) < 4.78 is 12.8. The van der Waals surface area contributed by atoms with Crippen LogP contribution in [0.2, 0.25) is 0 Å². The zero-order valence-corrected chi connectivity index (χ0v) is 7.59. The summed E-state index contributed by atoms with van der Waals surface area (Å²) in [5, 5.41) is 7.12. The van der Waals surface area contributed by atoms with Gasteiger partial charge in [-0.1, -0.05) is 0 Å². The Balaban J connectivity index is 2.37. The second kappa shape index (κ2) is 3.91. The molecule has 2 aromatic heterocycles. The highest BCUT2D eigenvalue weighted by molar-refractivity contribution is 6.08. The molecule has 0 saturated carbocycles. The lowest BCUT2D eigenvalue weighted by Crippen LogP contribution is -2.03. The van der Waals surface area contributed by atoms with Crippen LogP contribution in [-0.4, -0.2) is 21.0 Å². The standard InChI is InChI=1S/C10H6FN3O/c11-9-3-8(4-12-6-9)10(15)7-1-2-13-14-5-7/h1-6H. The maximum absolute atomic E-state index is 12.8. The van der Waals surface area contributed by atoms with Crippen molar-refractivity contribution in [2.75, 3.05) is 0 Å². The molecular weight excluding hydrogens is 197 g/mol. The monoisotopic (exact) mass is 203 g/mol. The van der Waals surface area contributed by atoms with Crippen LogP contribution in [-0.2, 0) is 0 Å². The highest BCUT2D eigenvalue weighted by Crippen LogP contribution is 2.07. The lowest BCUT2D eigenvalue weighted by atomic mass is 10.1. The molecule has 0 unspecified atom stereocenters. The lowest BCUT2D eigenvalue weighted by molar-refractivity contribution is 0.103. The Morgan fingerprint density at radius 3 is 2.67 bits per heavy atom. The Morgan fingerprint density at radius 1 is 1.13 bits per heavy atom. The summed E-state index contributed by atoms with van der Waals surface area (Å²) in [6.07, 6.45) is 5.08. The van der Waals surface area contributed by atoms with E-state index in [-0.39, 0.29) is 11.3 Å². The van der Waals surface area contributed by atoms with Crippen molar-refractivity contribution in [2.24, 2.45) is 0 Å². The van der Waals surface area contributed by atoms with Gasteiger partial charge in [0.2, 0.25) is 0 Å². The molecule has 0 radical (unpaired) electrons. The first-order chi connectivity index (χ1) is 7.27. The molecule has 0 aliphatic rings. The average molecular weight is 203 g/mol.